The van der Waals surface area contributed by atoms with Gasteiger partial charge in [-0.2, -0.15) is 0 Å². The lowest BCUT2D eigenvalue weighted by Crippen LogP contribution is -2.17. The maximum atomic E-state index is 6.26. The van der Waals surface area contributed by atoms with Gasteiger partial charge in [-0.15, -0.1) is 16.4 Å². The van der Waals surface area contributed by atoms with Gasteiger partial charge in [0.25, 0.3) is 0 Å². The van der Waals surface area contributed by atoms with Gasteiger partial charge in [-0.1, -0.05) is 23.4 Å². The zero-order chi connectivity index (χ0) is 13.2. The molecule has 1 aromatic carbocycles. The van der Waals surface area contributed by atoms with Crippen molar-refractivity contribution in [1.82, 2.24) is 20.0 Å². The van der Waals surface area contributed by atoms with Gasteiger partial charge in [0.15, 0.2) is 0 Å². The number of hydrogen-bond acceptors (Lipinski definition) is 5. The van der Waals surface area contributed by atoms with Crippen LogP contribution in [0.5, 0.6) is 0 Å². The Morgan fingerprint density at radius 1 is 1.26 bits per heavy atom. The Bertz CT molecular complexity index is 673. The van der Waals surface area contributed by atoms with Crippen LogP contribution < -0.4 is 5.73 Å². The highest BCUT2D eigenvalue weighted by molar-refractivity contribution is 7.09. The second-order valence-electron chi connectivity index (χ2n) is 4.18. The topological polar surface area (TPSA) is 69.6 Å². The van der Waals surface area contributed by atoms with Crippen molar-refractivity contribution in [2.24, 2.45) is 5.73 Å². The van der Waals surface area contributed by atoms with Crippen LogP contribution in [-0.4, -0.2) is 20.0 Å². The van der Waals surface area contributed by atoms with Crippen molar-refractivity contribution in [3.63, 3.8) is 0 Å². The van der Waals surface area contributed by atoms with E-state index in [1.54, 1.807) is 22.2 Å². The number of rotatable bonds is 3. The summed E-state index contributed by atoms with van der Waals surface area (Å²) in [7, 11) is 0. The Morgan fingerprint density at radius 2 is 2.05 bits per heavy atom. The van der Waals surface area contributed by atoms with Crippen LogP contribution in [0.3, 0.4) is 0 Å². The van der Waals surface area contributed by atoms with Crippen molar-refractivity contribution >= 4 is 11.3 Å². The van der Waals surface area contributed by atoms with Crippen LogP contribution in [0.2, 0.25) is 0 Å². The van der Waals surface area contributed by atoms with Crippen LogP contribution in [-0.2, 0) is 0 Å². The molecule has 96 valence electrons. The number of aromatic nitrogens is 4. The fraction of sp³-hybridized carbons (Fsp3) is 0.154. The van der Waals surface area contributed by atoms with E-state index < -0.39 is 0 Å². The number of aryl methyl sites for hydroxylation is 1. The first-order valence-corrected chi connectivity index (χ1v) is 6.77. The van der Waals surface area contributed by atoms with Crippen LogP contribution in [0, 0.1) is 6.92 Å². The normalized spacial score (nSPS) is 12.5. The third-order valence-corrected chi connectivity index (χ3v) is 3.64. The summed E-state index contributed by atoms with van der Waals surface area (Å²) in [4.78, 5) is 4.43. The van der Waals surface area contributed by atoms with Crippen molar-refractivity contribution in [3.05, 3.63) is 58.3 Å². The van der Waals surface area contributed by atoms with Gasteiger partial charge in [0.2, 0.25) is 0 Å². The van der Waals surface area contributed by atoms with Gasteiger partial charge in [0.05, 0.1) is 34.3 Å². The molecule has 0 bridgehead atoms. The highest BCUT2D eigenvalue weighted by Crippen LogP contribution is 2.22. The summed E-state index contributed by atoms with van der Waals surface area (Å²) < 4.78 is 1.75. The molecule has 2 N–H and O–H groups in total. The van der Waals surface area contributed by atoms with E-state index >= 15 is 0 Å². The molecule has 0 saturated heterocycles. The smallest absolute Gasteiger partial charge is 0.0926 e. The number of nitrogens with two attached hydrogens (primary N) is 1. The monoisotopic (exact) mass is 271 g/mol. The predicted molar refractivity (Wildman–Crippen MR) is 74.2 cm³/mol. The maximum absolute atomic E-state index is 6.26. The van der Waals surface area contributed by atoms with Crippen LogP contribution in [0.1, 0.15) is 22.4 Å². The Morgan fingerprint density at radius 3 is 2.74 bits per heavy atom. The molecule has 0 amide bonds. The van der Waals surface area contributed by atoms with E-state index in [2.05, 4.69) is 15.3 Å². The Kier molecular flexibility index (Phi) is 3.10. The Hall–Kier alpha value is -2.05. The molecular formula is C13H13N5S. The molecule has 3 rings (SSSR count). The molecule has 1 unspecified atom stereocenters. The standard InChI is InChI=1S/C13H13N5S/c1-9-16-11(8-19-9)13(14)12-7-15-17-18(12)10-5-3-2-4-6-10/h2-8,13H,14H2,1H3. The average Bonchev–Trinajstić information content (AvgIpc) is 3.07. The van der Waals surface area contributed by atoms with E-state index in [0.29, 0.717) is 0 Å². The summed E-state index contributed by atoms with van der Waals surface area (Å²) >= 11 is 1.59. The molecule has 0 aliphatic heterocycles. The van der Waals surface area contributed by atoms with Crippen LogP contribution in [0.25, 0.3) is 5.69 Å². The summed E-state index contributed by atoms with van der Waals surface area (Å²) in [5.74, 6) is 0. The van der Waals surface area contributed by atoms with Crippen molar-refractivity contribution in [3.8, 4) is 5.69 Å². The number of thiazole rings is 1. The summed E-state index contributed by atoms with van der Waals surface area (Å²) in [6, 6.07) is 9.50. The van der Waals surface area contributed by atoms with E-state index in [4.69, 9.17) is 5.73 Å². The molecule has 0 saturated carbocycles. The second-order valence-corrected chi connectivity index (χ2v) is 5.24. The van der Waals surface area contributed by atoms with Gasteiger partial charge in [0.1, 0.15) is 0 Å². The molecule has 0 spiro atoms. The third kappa shape index (κ3) is 2.27. The molecule has 0 aliphatic carbocycles. The minimum absolute atomic E-state index is 0.319. The number of benzene rings is 1. The number of nitrogens with zero attached hydrogens (tertiary/aromatic N) is 4. The largest absolute Gasteiger partial charge is 0.318 e. The highest BCUT2D eigenvalue weighted by Gasteiger charge is 2.18. The summed E-state index contributed by atoms with van der Waals surface area (Å²) in [5.41, 5.74) is 8.88. The summed E-state index contributed by atoms with van der Waals surface area (Å²) in [5, 5.41) is 11.0. The average molecular weight is 271 g/mol. The first-order valence-electron chi connectivity index (χ1n) is 5.89. The van der Waals surface area contributed by atoms with E-state index in [1.807, 2.05) is 42.6 Å². The molecular weight excluding hydrogens is 258 g/mol. The molecule has 0 radical (unpaired) electrons. The van der Waals surface area contributed by atoms with Crippen molar-refractivity contribution in [2.45, 2.75) is 13.0 Å². The molecule has 2 heterocycles. The summed E-state index contributed by atoms with van der Waals surface area (Å²) in [6.45, 7) is 1.97. The SMILES string of the molecule is Cc1nc(C(N)c2cnnn2-c2ccccc2)cs1. The predicted octanol–water partition coefficient (Wildman–Crippen LogP) is 2.08. The first-order chi connectivity index (χ1) is 9.25. The van der Waals surface area contributed by atoms with Crippen molar-refractivity contribution in [1.29, 1.82) is 0 Å². The quantitative estimate of drug-likeness (QED) is 0.791. The van der Waals surface area contributed by atoms with E-state index in [-0.39, 0.29) is 6.04 Å². The maximum Gasteiger partial charge on any atom is 0.0926 e. The highest BCUT2D eigenvalue weighted by atomic mass is 32.1. The second kappa shape index (κ2) is 4.91. The minimum Gasteiger partial charge on any atom is -0.318 e. The van der Waals surface area contributed by atoms with Gasteiger partial charge >= 0.3 is 0 Å². The van der Waals surface area contributed by atoms with Gasteiger partial charge in [0, 0.05) is 5.38 Å². The van der Waals surface area contributed by atoms with Gasteiger partial charge in [-0.05, 0) is 19.1 Å². The third-order valence-electron chi connectivity index (χ3n) is 2.85. The molecule has 2 aromatic heterocycles. The van der Waals surface area contributed by atoms with Gasteiger partial charge in [-0.25, -0.2) is 9.67 Å². The Labute approximate surface area is 114 Å². The van der Waals surface area contributed by atoms with Crippen LogP contribution >= 0.6 is 11.3 Å². The van der Waals surface area contributed by atoms with Crippen molar-refractivity contribution < 1.29 is 0 Å². The minimum atomic E-state index is -0.319. The zero-order valence-electron chi connectivity index (χ0n) is 10.4. The Balaban J connectivity index is 2.01. The van der Waals surface area contributed by atoms with Crippen LogP contribution in [0.15, 0.2) is 41.9 Å². The number of hydrogen-bond donors (Lipinski definition) is 1. The van der Waals surface area contributed by atoms with Gasteiger partial charge in [-0.3, -0.25) is 0 Å². The first kappa shape index (κ1) is 12.0. The number of para-hydroxylation sites is 1. The molecule has 19 heavy (non-hydrogen) atoms. The molecule has 0 aliphatic rings. The molecule has 5 nitrogen and oxygen atoms in total. The molecule has 6 heteroatoms. The lowest BCUT2D eigenvalue weighted by atomic mass is 10.2. The van der Waals surface area contributed by atoms with Gasteiger partial charge < -0.3 is 5.73 Å². The van der Waals surface area contributed by atoms with E-state index in [0.717, 1.165) is 22.1 Å². The van der Waals surface area contributed by atoms with Crippen LogP contribution in [0.4, 0.5) is 0 Å². The van der Waals surface area contributed by atoms with E-state index in [9.17, 15) is 0 Å². The molecule has 3 aromatic rings. The zero-order valence-corrected chi connectivity index (χ0v) is 11.2. The fourth-order valence-corrected chi connectivity index (χ4v) is 2.55. The lowest BCUT2D eigenvalue weighted by molar-refractivity contribution is 0.709. The lowest BCUT2D eigenvalue weighted by Gasteiger charge is -2.11. The molecule has 1 atom stereocenters. The fourth-order valence-electron chi connectivity index (χ4n) is 1.90. The van der Waals surface area contributed by atoms with Crippen molar-refractivity contribution in [2.75, 3.05) is 0 Å². The molecule has 0 fully saturated rings. The summed E-state index contributed by atoms with van der Waals surface area (Å²) in [6.07, 6.45) is 1.69. The van der Waals surface area contributed by atoms with E-state index in [1.165, 1.54) is 0 Å².